The summed E-state index contributed by atoms with van der Waals surface area (Å²) in [6, 6.07) is 3.22. The standard InChI is InChI=1S/C12H16F3N3O/c1-2-3-6-17-11(19)8-4-5-10(18-16)9(7-8)12(13,14)15/h4-5,7,18H,2-3,6,16H2,1H3,(H,17,19). The second-order valence-corrected chi connectivity index (χ2v) is 4.01. The first-order chi connectivity index (χ1) is 8.90. The minimum Gasteiger partial charge on any atom is -0.352 e. The Hall–Kier alpha value is -1.76. The van der Waals surface area contributed by atoms with E-state index in [1.807, 2.05) is 12.3 Å². The van der Waals surface area contributed by atoms with Gasteiger partial charge in [-0.1, -0.05) is 13.3 Å². The molecule has 19 heavy (non-hydrogen) atoms. The van der Waals surface area contributed by atoms with Crippen LogP contribution in [0.3, 0.4) is 0 Å². The SMILES string of the molecule is CCCCNC(=O)c1ccc(NN)c(C(F)(F)F)c1. The number of halogens is 3. The first-order valence-corrected chi connectivity index (χ1v) is 5.86. The Labute approximate surface area is 109 Å². The Morgan fingerprint density at radius 3 is 2.58 bits per heavy atom. The lowest BCUT2D eigenvalue weighted by atomic mass is 10.1. The van der Waals surface area contributed by atoms with E-state index in [-0.39, 0.29) is 11.3 Å². The Balaban J connectivity index is 2.95. The lowest BCUT2D eigenvalue weighted by Crippen LogP contribution is -2.25. The molecule has 0 saturated heterocycles. The van der Waals surface area contributed by atoms with Crippen molar-refractivity contribution in [3.8, 4) is 0 Å². The number of nitrogens with two attached hydrogens (primary N) is 1. The second-order valence-electron chi connectivity index (χ2n) is 4.01. The summed E-state index contributed by atoms with van der Waals surface area (Å²) in [6.07, 6.45) is -2.90. The third kappa shape index (κ3) is 4.13. The van der Waals surface area contributed by atoms with Crippen molar-refractivity contribution in [1.29, 1.82) is 0 Å². The van der Waals surface area contributed by atoms with Gasteiger partial charge in [0.05, 0.1) is 11.3 Å². The summed E-state index contributed by atoms with van der Waals surface area (Å²) in [7, 11) is 0. The molecule has 0 fully saturated rings. The van der Waals surface area contributed by atoms with Gasteiger partial charge in [0, 0.05) is 12.1 Å². The van der Waals surface area contributed by atoms with E-state index in [2.05, 4.69) is 5.32 Å². The average Bonchev–Trinajstić information content (AvgIpc) is 2.37. The van der Waals surface area contributed by atoms with Crippen molar-refractivity contribution in [3.63, 3.8) is 0 Å². The van der Waals surface area contributed by atoms with Crippen LogP contribution in [-0.2, 0) is 6.18 Å². The molecule has 4 nitrogen and oxygen atoms in total. The first-order valence-electron chi connectivity index (χ1n) is 5.86. The van der Waals surface area contributed by atoms with Crippen molar-refractivity contribution in [2.75, 3.05) is 12.0 Å². The molecule has 1 aromatic rings. The van der Waals surface area contributed by atoms with E-state index >= 15 is 0 Å². The molecule has 0 aliphatic carbocycles. The summed E-state index contributed by atoms with van der Waals surface area (Å²) in [6.45, 7) is 2.39. The van der Waals surface area contributed by atoms with Gasteiger partial charge in [0.2, 0.25) is 0 Å². The number of carbonyl (C=O) groups is 1. The van der Waals surface area contributed by atoms with Crippen molar-refractivity contribution in [2.24, 2.45) is 5.84 Å². The molecule has 1 aromatic carbocycles. The predicted octanol–water partition coefficient (Wildman–Crippen LogP) is 2.52. The number of hydrazine groups is 1. The van der Waals surface area contributed by atoms with Gasteiger partial charge >= 0.3 is 6.18 Å². The highest BCUT2D eigenvalue weighted by molar-refractivity contribution is 5.94. The molecule has 0 aliphatic rings. The van der Waals surface area contributed by atoms with Crippen LogP contribution >= 0.6 is 0 Å². The number of alkyl halides is 3. The molecule has 0 atom stereocenters. The number of hydrogen-bond donors (Lipinski definition) is 3. The normalized spacial score (nSPS) is 11.2. The van der Waals surface area contributed by atoms with E-state index in [1.165, 1.54) is 6.07 Å². The van der Waals surface area contributed by atoms with Crippen LogP contribution in [0, 0.1) is 0 Å². The van der Waals surface area contributed by atoms with Crippen molar-refractivity contribution in [1.82, 2.24) is 5.32 Å². The van der Waals surface area contributed by atoms with Gasteiger partial charge in [0.25, 0.3) is 5.91 Å². The average molecular weight is 275 g/mol. The zero-order valence-electron chi connectivity index (χ0n) is 10.5. The monoisotopic (exact) mass is 275 g/mol. The molecule has 0 spiro atoms. The maximum Gasteiger partial charge on any atom is 0.418 e. The number of benzene rings is 1. The number of anilines is 1. The molecule has 0 bridgehead atoms. The first kappa shape index (κ1) is 15.3. The molecule has 0 aliphatic heterocycles. The van der Waals surface area contributed by atoms with Crippen molar-refractivity contribution >= 4 is 11.6 Å². The quantitative estimate of drug-likeness (QED) is 0.439. The highest BCUT2D eigenvalue weighted by Gasteiger charge is 2.34. The van der Waals surface area contributed by atoms with Gasteiger partial charge in [-0.2, -0.15) is 13.2 Å². The van der Waals surface area contributed by atoms with E-state index in [0.717, 1.165) is 25.0 Å². The van der Waals surface area contributed by atoms with Crippen LogP contribution < -0.4 is 16.6 Å². The summed E-state index contributed by atoms with van der Waals surface area (Å²) < 4.78 is 38.3. The summed E-state index contributed by atoms with van der Waals surface area (Å²) >= 11 is 0. The zero-order chi connectivity index (χ0) is 14.5. The predicted molar refractivity (Wildman–Crippen MR) is 66.5 cm³/mol. The van der Waals surface area contributed by atoms with Crippen molar-refractivity contribution in [3.05, 3.63) is 29.3 Å². The topological polar surface area (TPSA) is 67.2 Å². The van der Waals surface area contributed by atoms with Crippen LogP contribution in [0.25, 0.3) is 0 Å². The van der Waals surface area contributed by atoms with Crippen LogP contribution in [0.1, 0.15) is 35.7 Å². The molecule has 4 N–H and O–H groups in total. The van der Waals surface area contributed by atoms with Gasteiger partial charge in [0.15, 0.2) is 0 Å². The zero-order valence-corrected chi connectivity index (χ0v) is 10.5. The van der Waals surface area contributed by atoms with Gasteiger partial charge in [-0.3, -0.25) is 10.6 Å². The largest absolute Gasteiger partial charge is 0.418 e. The maximum atomic E-state index is 12.8. The molecule has 1 rings (SSSR count). The fourth-order valence-corrected chi connectivity index (χ4v) is 1.53. The highest BCUT2D eigenvalue weighted by atomic mass is 19.4. The molecule has 0 radical (unpaired) electrons. The number of rotatable bonds is 5. The molecule has 0 heterocycles. The number of nitrogen functional groups attached to an aromatic ring is 1. The summed E-state index contributed by atoms with van der Waals surface area (Å²) in [5, 5.41) is 2.56. The summed E-state index contributed by atoms with van der Waals surface area (Å²) in [4.78, 5) is 11.7. The highest BCUT2D eigenvalue weighted by Crippen LogP contribution is 2.35. The summed E-state index contributed by atoms with van der Waals surface area (Å²) in [5.74, 6) is 4.50. The fourth-order valence-electron chi connectivity index (χ4n) is 1.53. The smallest absolute Gasteiger partial charge is 0.352 e. The van der Waals surface area contributed by atoms with E-state index in [1.54, 1.807) is 0 Å². The summed E-state index contributed by atoms with van der Waals surface area (Å²) in [5.41, 5.74) is 0.703. The molecule has 1 amide bonds. The minimum atomic E-state index is -4.57. The third-order valence-electron chi connectivity index (χ3n) is 2.56. The van der Waals surface area contributed by atoms with Crippen molar-refractivity contribution < 1.29 is 18.0 Å². The van der Waals surface area contributed by atoms with E-state index in [4.69, 9.17) is 5.84 Å². The molecule has 106 valence electrons. The number of amides is 1. The van der Waals surface area contributed by atoms with Crippen LogP contribution in [0.15, 0.2) is 18.2 Å². The molecule has 7 heteroatoms. The Morgan fingerprint density at radius 1 is 1.37 bits per heavy atom. The fraction of sp³-hybridized carbons (Fsp3) is 0.417. The van der Waals surface area contributed by atoms with Crippen LogP contribution in [-0.4, -0.2) is 12.5 Å². The number of unbranched alkanes of at least 4 members (excludes halogenated alkanes) is 1. The van der Waals surface area contributed by atoms with Crippen LogP contribution in [0.5, 0.6) is 0 Å². The van der Waals surface area contributed by atoms with Crippen molar-refractivity contribution in [2.45, 2.75) is 25.9 Å². The van der Waals surface area contributed by atoms with Gasteiger partial charge < -0.3 is 10.7 Å². The molecule has 0 aromatic heterocycles. The number of hydrogen-bond acceptors (Lipinski definition) is 3. The van der Waals surface area contributed by atoms with E-state index in [9.17, 15) is 18.0 Å². The third-order valence-corrected chi connectivity index (χ3v) is 2.56. The van der Waals surface area contributed by atoms with Crippen LogP contribution in [0.4, 0.5) is 18.9 Å². The maximum absolute atomic E-state index is 12.8. The van der Waals surface area contributed by atoms with Crippen LogP contribution in [0.2, 0.25) is 0 Å². The van der Waals surface area contributed by atoms with Gasteiger partial charge in [0.1, 0.15) is 0 Å². The second kappa shape index (κ2) is 6.42. The molecule has 0 saturated carbocycles. The lowest BCUT2D eigenvalue weighted by Gasteiger charge is -2.13. The number of carbonyl (C=O) groups excluding carboxylic acids is 1. The molecular weight excluding hydrogens is 259 g/mol. The van der Waals surface area contributed by atoms with Gasteiger partial charge in [-0.05, 0) is 24.6 Å². The number of nitrogens with one attached hydrogen (secondary N) is 2. The van der Waals surface area contributed by atoms with E-state index in [0.29, 0.717) is 6.54 Å². The van der Waals surface area contributed by atoms with Gasteiger partial charge in [-0.25, -0.2) is 0 Å². The minimum absolute atomic E-state index is 0.0394. The molecule has 0 unspecified atom stereocenters. The Bertz CT molecular complexity index is 446. The Morgan fingerprint density at radius 2 is 2.05 bits per heavy atom. The Kier molecular flexibility index (Phi) is 5.17. The van der Waals surface area contributed by atoms with Gasteiger partial charge in [-0.15, -0.1) is 0 Å². The van der Waals surface area contributed by atoms with E-state index < -0.39 is 17.6 Å². The molecular formula is C12H16F3N3O. The lowest BCUT2D eigenvalue weighted by molar-refractivity contribution is -0.137.